The van der Waals surface area contributed by atoms with Crippen LogP contribution in [0.3, 0.4) is 0 Å². The molecule has 0 saturated heterocycles. The number of fused-ring (bicyclic) bond motifs is 21. The summed E-state index contributed by atoms with van der Waals surface area (Å²) in [5.74, 6) is 1.78. The summed E-state index contributed by atoms with van der Waals surface area (Å²) in [6.07, 6.45) is 0. The molecule has 26 nitrogen and oxygen atoms in total. The lowest BCUT2D eigenvalue weighted by atomic mass is 10.1. The lowest BCUT2D eigenvalue weighted by Crippen LogP contribution is -2.31. The zero-order chi connectivity index (χ0) is 54.3. The Hall–Kier alpha value is -10.4. The Bertz CT molecular complexity index is 3410. The smallest absolute Gasteiger partial charge is 0.347 e. The maximum absolute atomic E-state index is 11.0. The van der Waals surface area contributed by atoms with Crippen molar-refractivity contribution in [2.75, 3.05) is 28.2 Å². The van der Waals surface area contributed by atoms with Gasteiger partial charge in [0.15, 0.2) is 28.2 Å². The number of ether oxygens (including phenoxy) is 1. The second-order valence-electron chi connectivity index (χ2n) is 15.9. The fourth-order valence-electron chi connectivity index (χ4n) is 8.01. The van der Waals surface area contributed by atoms with Gasteiger partial charge in [-0.15, -0.1) is 0 Å². The average molecular weight is 1030 g/mol. The molecule has 5 aromatic carbocycles. The summed E-state index contributed by atoms with van der Waals surface area (Å²) >= 11 is 0. The molecule has 11 rings (SSSR count). The summed E-state index contributed by atoms with van der Waals surface area (Å²) in [7, 11) is 11.7. The second kappa shape index (κ2) is 23.2. The molecule has 26 heteroatoms. The van der Waals surface area contributed by atoms with Crippen LogP contribution in [0.4, 0.5) is 5.69 Å². The molecular weight excluding hydrogens is 979 g/mol. The SMILES string of the molecule is C.C[N+](=O)[O-].C[N+](=O)[O-].C[N+](=O)[O-].C[N+](=O)[O-].Cn1c2nc3[n+](C)c(nc4c5ccccc5c(nc5[n+](C)c(nc1c1ccccc12)-c1ccccc1-5)n4C)-c1ccccc1-3.O=C1OC(=O)c2cc([N+](=O)[O-])ccc21. The molecule has 0 radical (unpaired) electrons. The number of carbonyl (C=O) groups excluding carboxylic acids is 2. The highest BCUT2D eigenvalue weighted by Gasteiger charge is 2.33. The number of nitro benzene ring substituents is 1. The van der Waals surface area contributed by atoms with Crippen molar-refractivity contribution in [2.24, 2.45) is 28.2 Å². The predicted octanol–water partition coefficient (Wildman–Crippen LogP) is 6.86. The molecule has 0 aliphatic carbocycles. The summed E-state index contributed by atoms with van der Waals surface area (Å²) in [5.41, 5.74) is 7.34. The first-order valence-electron chi connectivity index (χ1n) is 21.6. The van der Waals surface area contributed by atoms with Gasteiger partial charge in [0, 0.05) is 67.5 Å². The van der Waals surface area contributed by atoms with Crippen LogP contribution in [0, 0.1) is 50.6 Å². The van der Waals surface area contributed by atoms with Gasteiger partial charge in [-0.2, -0.15) is 0 Å². The molecule has 6 heterocycles. The number of nitrogens with zero attached hydrogens (tertiary/aromatic N) is 13. The lowest BCUT2D eigenvalue weighted by molar-refractivity contribution is -0.650. The third kappa shape index (κ3) is 11.9. The van der Waals surface area contributed by atoms with E-state index in [4.69, 9.17) is 60.4 Å². The minimum absolute atomic E-state index is 0. The number of aryl methyl sites for hydroxylation is 2. The fraction of sp³-hybridized carbons (Fsp3) is 0.184. The average Bonchev–Trinajstić information content (AvgIpc) is 4.04. The van der Waals surface area contributed by atoms with E-state index >= 15 is 0 Å². The third-order valence-corrected chi connectivity index (χ3v) is 10.9. The van der Waals surface area contributed by atoms with Crippen molar-refractivity contribution < 1.29 is 48.1 Å². The topological polar surface area (TPSA) is 328 Å². The summed E-state index contributed by atoms with van der Waals surface area (Å²) in [6, 6.07) is 36.9. The standard InChI is InChI=1S/C36H28N8.C8H3NO5.4CH3NO2.CH4/c1-41-29-21-13-5-6-14-22(21)30(41)38-32-24-16-8-10-18-26(24)34(43(32)3)40-36-28-20-12-11-19-27(28)35(44(36)4)39-33-25-17-9-7-15-23(25)31(37-29)42(33)2;10-7-5-2-1-4(9(12)13)3-6(5)8(11)14-7;4*1-2(3)4;/h5-20H,1-4H3;1-3H;4*1H3;1H4/q+2;;;;;;. The van der Waals surface area contributed by atoms with Crippen molar-refractivity contribution in [3.05, 3.63) is 177 Å². The number of aromatic nitrogens is 8. The van der Waals surface area contributed by atoms with Crippen LogP contribution in [0.1, 0.15) is 28.1 Å². The Kier molecular flexibility index (Phi) is 17.2. The van der Waals surface area contributed by atoms with Crippen molar-refractivity contribution in [2.45, 2.75) is 7.43 Å². The Morgan fingerprint density at radius 2 is 0.680 bits per heavy atom. The maximum atomic E-state index is 11.0. The molecule has 3 aromatic heterocycles. The van der Waals surface area contributed by atoms with Gasteiger partial charge in [0.1, 0.15) is 0 Å². The van der Waals surface area contributed by atoms with Gasteiger partial charge >= 0.3 is 11.9 Å². The predicted molar refractivity (Wildman–Crippen MR) is 273 cm³/mol. The molecule has 0 unspecified atom stereocenters. The number of esters is 2. The van der Waals surface area contributed by atoms with Gasteiger partial charge in [0.05, 0.1) is 52.4 Å². The van der Waals surface area contributed by atoms with E-state index in [1.807, 2.05) is 28.2 Å². The van der Waals surface area contributed by atoms with Gasteiger partial charge in [-0.3, -0.25) is 59.7 Å². The molecule has 0 N–H and O–H groups in total. The molecule has 0 saturated carbocycles. The van der Waals surface area contributed by atoms with Gasteiger partial charge in [0.2, 0.25) is 22.6 Å². The summed E-state index contributed by atoms with van der Waals surface area (Å²) in [5, 5.41) is 49.8. The maximum Gasteiger partial charge on any atom is 0.347 e. The van der Waals surface area contributed by atoms with Crippen LogP contribution in [-0.4, -0.2) is 93.8 Å². The molecule has 0 spiro atoms. The Balaban J connectivity index is 0.000000275. The summed E-state index contributed by atoms with van der Waals surface area (Å²) in [4.78, 5) is 86.3. The molecule has 75 heavy (non-hydrogen) atoms. The normalized spacial score (nSPS) is 11.0. The fourth-order valence-corrected chi connectivity index (χ4v) is 8.01. The van der Waals surface area contributed by atoms with Gasteiger partial charge < -0.3 is 4.74 Å². The zero-order valence-electron chi connectivity index (χ0n) is 40.6. The lowest BCUT2D eigenvalue weighted by Gasteiger charge is -1.94. The van der Waals surface area contributed by atoms with Gasteiger partial charge in [-0.1, -0.05) is 75.9 Å². The van der Waals surface area contributed by atoms with Gasteiger partial charge in [0.25, 0.3) is 29.0 Å². The highest BCUT2D eigenvalue weighted by Crippen LogP contribution is 2.36. The number of hydrogen-bond acceptors (Lipinski definition) is 17. The number of benzene rings is 5. The Morgan fingerprint density at radius 3 is 0.947 bits per heavy atom. The van der Waals surface area contributed by atoms with Crippen molar-refractivity contribution >= 4 is 61.8 Å². The summed E-state index contributed by atoms with van der Waals surface area (Å²) in [6.45, 7) is 0. The molecule has 0 fully saturated rings. The molecule has 8 aromatic rings. The Morgan fingerprint density at radius 1 is 0.427 bits per heavy atom. The Labute approximate surface area is 424 Å². The molecule has 3 aliphatic rings. The van der Waals surface area contributed by atoms with E-state index in [-0.39, 0.29) is 24.2 Å². The van der Waals surface area contributed by atoms with E-state index in [1.165, 1.54) is 6.07 Å². The van der Waals surface area contributed by atoms with Crippen molar-refractivity contribution in [1.29, 1.82) is 0 Å². The largest absolute Gasteiger partial charge is 0.386 e. The van der Waals surface area contributed by atoms with E-state index in [0.29, 0.717) is 0 Å². The molecule has 0 atom stereocenters. The van der Waals surface area contributed by atoms with Crippen molar-refractivity contribution in [3.8, 4) is 45.6 Å². The van der Waals surface area contributed by atoms with Crippen LogP contribution >= 0.6 is 0 Å². The highest BCUT2D eigenvalue weighted by molar-refractivity contribution is 6.15. The number of cyclic esters (lactones) is 2. The van der Waals surface area contributed by atoms with E-state index in [1.54, 1.807) is 0 Å². The van der Waals surface area contributed by atoms with E-state index in [9.17, 15) is 19.7 Å². The third-order valence-electron chi connectivity index (χ3n) is 10.9. The van der Waals surface area contributed by atoms with Crippen LogP contribution in [0.15, 0.2) is 115 Å². The molecule has 3 aliphatic heterocycles. The number of hydrogen-bond donors (Lipinski definition) is 0. The van der Waals surface area contributed by atoms with Crippen LogP contribution in [0.25, 0.3) is 89.7 Å². The summed E-state index contributed by atoms with van der Waals surface area (Å²) < 4.78 is 12.7. The molecule has 384 valence electrons. The second-order valence-corrected chi connectivity index (χ2v) is 15.9. The first-order valence-corrected chi connectivity index (χ1v) is 21.6. The molecular formula is C49H47N13O13+2. The first-order chi connectivity index (χ1) is 35.0. The van der Waals surface area contributed by atoms with Gasteiger partial charge in [-0.05, 0) is 54.6 Å². The number of carbonyl (C=O) groups is 2. The van der Waals surface area contributed by atoms with Crippen LogP contribution in [0.2, 0.25) is 0 Å². The molecule has 0 amide bonds. The number of non-ortho nitro benzene ring substituents is 1. The minimum Gasteiger partial charge on any atom is -0.386 e. The van der Waals surface area contributed by atoms with Crippen molar-refractivity contribution in [3.63, 3.8) is 0 Å². The molecule has 8 bridgehead atoms. The quantitative estimate of drug-likeness (QED) is 0.0532. The zero-order valence-corrected chi connectivity index (χ0v) is 40.6. The van der Waals surface area contributed by atoms with Crippen LogP contribution in [0.5, 0.6) is 0 Å². The van der Waals surface area contributed by atoms with E-state index < -0.39 is 36.6 Å². The number of rotatable bonds is 1. The number of nitro groups is 5. The monoisotopic (exact) mass is 1030 g/mol. The van der Waals surface area contributed by atoms with Crippen LogP contribution < -0.4 is 9.13 Å². The first kappa shape index (κ1) is 55.5. The van der Waals surface area contributed by atoms with Crippen molar-refractivity contribution in [1.82, 2.24) is 29.1 Å². The van der Waals surface area contributed by atoms with E-state index in [2.05, 4.69) is 120 Å². The minimum atomic E-state index is -0.839. The highest BCUT2D eigenvalue weighted by atomic mass is 16.6. The van der Waals surface area contributed by atoms with Gasteiger partial charge in [-0.25, -0.2) is 18.7 Å². The van der Waals surface area contributed by atoms with E-state index in [0.717, 1.165) is 130 Å². The van der Waals surface area contributed by atoms with Crippen LogP contribution in [-0.2, 0) is 32.9 Å².